The Morgan fingerprint density at radius 2 is 1.05 bits per heavy atom. The van der Waals surface area contributed by atoms with Crippen LogP contribution in [0.15, 0.2) is 95.4 Å². The Morgan fingerprint density at radius 3 is 1.54 bits per heavy atom. The molecule has 0 N–H and O–H groups in total. The van der Waals surface area contributed by atoms with Gasteiger partial charge in [0.05, 0.1) is 6.54 Å². The Balaban J connectivity index is 1.60. The molecule has 3 heterocycles. The van der Waals surface area contributed by atoms with Crippen molar-refractivity contribution in [3.8, 4) is 0 Å². The van der Waals surface area contributed by atoms with Crippen molar-refractivity contribution < 1.29 is 4.42 Å². The summed E-state index contributed by atoms with van der Waals surface area (Å²) in [4.78, 5) is 10.5. The van der Waals surface area contributed by atoms with Gasteiger partial charge in [0.15, 0.2) is 7.26 Å². The average Bonchev–Trinajstić information content (AvgIpc) is 3.40. The highest BCUT2D eigenvalue weighted by atomic mass is 31.2. The van der Waals surface area contributed by atoms with Gasteiger partial charge in [-0.1, -0.05) is 61.0 Å². The van der Waals surface area contributed by atoms with Crippen LogP contribution in [-0.2, 0) is 6.54 Å². The quantitative estimate of drug-likeness (QED) is 0.317. The van der Waals surface area contributed by atoms with Gasteiger partial charge in [-0.2, -0.15) is 4.98 Å². The molecule has 37 heavy (non-hydrogen) atoms. The molecule has 0 bridgehead atoms. The van der Waals surface area contributed by atoms with Gasteiger partial charge in [-0.05, 0) is 81.6 Å². The van der Waals surface area contributed by atoms with Gasteiger partial charge < -0.3 is 9.32 Å². The molecular formula is C32H37N3OP+. The number of benzene rings is 3. The second-order valence-corrected chi connectivity index (χ2v) is 13.6. The lowest BCUT2D eigenvalue weighted by Gasteiger charge is -2.30. The third-order valence-corrected chi connectivity index (χ3v) is 12.0. The first-order chi connectivity index (χ1) is 18.4. The Morgan fingerprint density at radius 1 is 0.595 bits per heavy atom. The molecule has 0 spiro atoms. The third-order valence-electron chi connectivity index (χ3n) is 7.84. The van der Waals surface area contributed by atoms with E-state index >= 15 is 0 Å². The molecule has 2 saturated heterocycles. The number of anilines is 1. The average molecular weight is 511 g/mol. The molecule has 2 aliphatic heterocycles. The molecule has 0 amide bonds. The molecule has 6 rings (SSSR count). The molecule has 0 saturated carbocycles. The van der Waals surface area contributed by atoms with Crippen LogP contribution in [0.4, 0.5) is 5.88 Å². The maximum absolute atomic E-state index is 6.83. The van der Waals surface area contributed by atoms with Gasteiger partial charge in [-0.25, -0.2) is 0 Å². The lowest BCUT2D eigenvalue weighted by atomic mass is 10.1. The van der Waals surface area contributed by atoms with E-state index in [4.69, 9.17) is 9.40 Å². The smallest absolute Gasteiger partial charge is 0.261 e. The van der Waals surface area contributed by atoms with Crippen molar-refractivity contribution in [1.29, 1.82) is 0 Å². The van der Waals surface area contributed by atoms with E-state index in [1.54, 1.807) is 0 Å². The van der Waals surface area contributed by atoms with Gasteiger partial charge in [-0.15, -0.1) is 0 Å². The highest BCUT2D eigenvalue weighted by molar-refractivity contribution is 8.01. The Bertz CT molecular complexity index is 1170. The number of likely N-dealkylation sites (tertiary alicyclic amines) is 1. The Kier molecular flexibility index (Phi) is 7.39. The fraction of sp³-hybridized carbons (Fsp3) is 0.344. The first-order valence-electron chi connectivity index (χ1n) is 13.9. The Hall–Kier alpha value is -2.94. The van der Waals surface area contributed by atoms with Crippen LogP contribution in [0.5, 0.6) is 0 Å². The van der Waals surface area contributed by atoms with Crippen LogP contribution in [0.25, 0.3) is 0 Å². The predicted octanol–water partition coefficient (Wildman–Crippen LogP) is 5.27. The number of hydrogen-bond acceptors (Lipinski definition) is 4. The maximum Gasteiger partial charge on any atom is 0.261 e. The standard InChI is InChI=1S/C32H37N3OP/c1-6-16-27(17-7-1)37(28-18-8-2-9-19-28,29-20-10-3-11-21-29)31-32(35-24-14-5-15-25-35)36-30(33-31)26-34-22-12-4-13-23-34/h1-3,6-11,16-21H,4-5,12-15,22-26H2/q+1. The molecule has 0 aliphatic carbocycles. The molecule has 0 atom stereocenters. The number of piperidine rings is 2. The summed E-state index contributed by atoms with van der Waals surface area (Å²) in [5.41, 5.74) is 1.13. The van der Waals surface area contributed by atoms with Gasteiger partial charge in [0.2, 0.25) is 5.89 Å². The lowest BCUT2D eigenvalue weighted by molar-refractivity contribution is 0.201. The van der Waals surface area contributed by atoms with Gasteiger partial charge in [0.1, 0.15) is 15.9 Å². The summed E-state index contributed by atoms with van der Waals surface area (Å²) in [6.07, 6.45) is 7.56. The lowest BCUT2D eigenvalue weighted by Crippen LogP contribution is -2.42. The van der Waals surface area contributed by atoms with Crippen LogP contribution in [0.1, 0.15) is 44.4 Å². The van der Waals surface area contributed by atoms with Crippen LogP contribution in [0.3, 0.4) is 0 Å². The van der Waals surface area contributed by atoms with Crippen LogP contribution in [0.2, 0.25) is 0 Å². The summed E-state index contributed by atoms with van der Waals surface area (Å²) < 4.78 is 6.83. The van der Waals surface area contributed by atoms with Gasteiger partial charge in [0, 0.05) is 13.1 Å². The fourth-order valence-corrected chi connectivity index (χ4v) is 10.2. The molecule has 2 aliphatic rings. The Labute approximate surface area is 221 Å². The van der Waals surface area contributed by atoms with Crippen molar-refractivity contribution in [2.75, 3.05) is 31.1 Å². The number of oxazole rings is 1. The van der Waals surface area contributed by atoms with Gasteiger partial charge in [-0.3, -0.25) is 4.90 Å². The maximum atomic E-state index is 6.83. The minimum Gasteiger partial charge on any atom is -0.419 e. The van der Waals surface area contributed by atoms with Crippen molar-refractivity contribution in [3.63, 3.8) is 0 Å². The van der Waals surface area contributed by atoms with E-state index in [1.807, 2.05) is 0 Å². The van der Waals surface area contributed by atoms with E-state index in [0.717, 1.165) is 49.9 Å². The van der Waals surface area contributed by atoms with E-state index in [1.165, 1.54) is 54.4 Å². The molecule has 1 aromatic heterocycles. The minimum absolute atomic E-state index is 0.791. The van der Waals surface area contributed by atoms with E-state index in [0.29, 0.717) is 0 Å². The second-order valence-electron chi connectivity index (χ2n) is 10.3. The van der Waals surface area contributed by atoms with Crippen molar-refractivity contribution in [2.45, 2.75) is 45.1 Å². The zero-order valence-corrected chi connectivity index (χ0v) is 22.5. The van der Waals surface area contributed by atoms with Crippen LogP contribution >= 0.6 is 7.26 Å². The first-order valence-corrected chi connectivity index (χ1v) is 15.7. The molecule has 5 heteroatoms. The highest BCUT2D eigenvalue weighted by Gasteiger charge is 2.53. The summed E-state index contributed by atoms with van der Waals surface area (Å²) in [6.45, 7) is 5.12. The van der Waals surface area contributed by atoms with Crippen LogP contribution < -0.4 is 26.2 Å². The zero-order chi connectivity index (χ0) is 24.9. The highest BCUT2D eigenvalue weighted by Crippen LogP contribution is 2.56. The molecule has 0 unspecified atom stereocenters. The van der Waals surface area contributed by atoms with E-state index in [-0.39, 0.29) is 0 Å². The molecular weight excluding hydrogens is 473 g/mol. The van der Waals surface area contributed by atoms with Crippen molar-refractivity contribution >= 4 is 34.5 Å². The number of rotatable bonds is 7. The van der Waals surface area contributed by atoms with Gasteiger partial charge in [0.25, 0.3) is 11.3 Å². The van der Waals surface area contributed by atoms with E-state index in [9.17, 15) is 0 Å². The largest absolute Gasteiger partial charge is 0.419 e. The van der Waals surface area contributed by atoms with Crippen LogP contribution in [-0.4, -0.2) is 36.1 Å². The second kappa shape index (κ2) is 11.2. The van der Waals surface area contributed by atoms with Crippen molar-refractivity contribution in [3.05, 3.63) is 96.9 Å². The summed E-state index contributed by atoms with van der Waals surface area (Å²) in [6, 6.07) is 33.2. The van der Waals surface area contributed by atoms with E-state index < -0.39 is 7.26 Å². The van der Waals surface area contributed by atoms with E-state index in [2.05, 4.69) is 101 Å². The third kappa shape index (κ3) is 4.85. The summed E-state index contributed by atoms with van der Waals surface area (Å²) in [5.74, 6) is 1.86. The predicted molar refractivity (Wildman–Crippen MR) is 156 cm³/mol. The summed E-state index contributed by atoms with van der Waals surface area (Å²) in [5, 5.41) is 3.97. The number of aromatic nitrogens is 1. The SMILES string of the molecule is c1ccc([P+](c2ccccc2)(c2ccccc2)c2nc(CN3CCCCC3)oc2N2CCCCC2)cc1. The van der Waals surface area contributed by atoms with Gasteiger partial charge >= 0.3 is 0 Å². The number of hydrogen-bond donors (Lipinski definition) is 0. The van der Waals surface area contributed by atoms with Crippen molar-refractivity contribution in [1.82, 2.24) is 9.88 Å². The topological polar surface area (TPSA) is 32.5 Å². The summed E-state index contributed by atoms with van der Waals surface area (Å²) >= 11 is 0. The van der Waals surface area contributed by atoms with Crippen molar-refractivity contribution in [2.24, 2.45) is 0 Å². The molecule has 2 fully saturated rings. The number of nitrogens with zero attached hydrogens (tertiary/aromatic N) is 3. The molecule has 4 nitrogen and oxygen atoms in total. The molecule has 0 radical (unpaired) electrons. The monoisotopic (exact) mass is 510 g/mol. The minimum atomic E-state index is -2.31. The fourth-order valence-electron chi connectivity index (χ4n) is 6.01. The molecule has 3 aromatic carbocycles. The zero-order valence-electron chi connectivity index (χ0n) is 21.6. The molecule has 190 valence electrons. The summed E-state index contributed by atoms with van der Waals surface area (Å²) in [7, 11) is -2.31. The van der Waals surface area contributed by atoms with Crippen LogP contribution in [0, 0.1) is 0 Å². The normalized spacial score (nSPS) is 17.1. The first kappa shape index (κ1) is 24.4. The molecule has 4 aromatic rings.